The summed E-state index contributed by atoms with van der Waals surface area (Å²) in [4.78, 5) is 22.6. The fourth-order valence-electron chi connectivity index (χ4n) is 4.39. The van der Waals surface area contributed by atoms with Crippen LogP contribution in [0.3, 0.4) is 0 Å². The van der Waals surface area contributed by atoms with E-state index in [0.29, 0.717) is 33.1 Å². The van der Waals surface area contributed by atoms with Crippen LogP contribution in [0, 0.1) is 20.8 Å². The Morgan fingerprint density at radius 3 is 2.62 bits per heavy atom. The maximum absolute atomic E-state index is 13.4. The van der Waals surface area contributed by atoms with E-state index in [-0.39, 0.29) is 11.5 Å². The van der Waals surface area contributed by atoms with E-state index in [9.17, 15) is 4.79 Å². The number of benzene rings is 1. The van der Waals surface area contributed by atoms with E-state index in [2.05, 4.69) is 16.4 Å². The van der Waals surface area contributed by atoms with Gasteiger partial charge in [0.2, 0.25) is 0 Å². The molecule has 0 bridgehead atoms. The lowest BCUT2D eigenvalue weighted by Gasteiger charge is -2.19. The Labute approximate surface area is 202 Å². The van der Waals surface area contributed by atoms with Crippen molar-refractivity contribution >= 4 is 39.3 Å². The van der Waals surface area contributed by atoms with E-state index >= 15 is 0 Å². The topological polar surface area (TPSA) is 73.0 Å². The fourth-order valence-corrected chi connectivity index (χ4v) is 4.58. The second-order valence-electron chi connectivity index (χ2n) is 8.79. The molecule has 172 valence electrons. The molecular formula is C27H25ClN4O2. The largest absolute Gasteiger partial charge is 0.454 e. The Balaban J connectivity index is 1.68. The molecule has 34 heavy (non-hydrogen) atoms. The monoisotopic (exact) mass is 472 g/mol. The van der Waals surface area contributed by atoms with Gasteiger partial charge in [-0.05, 0) is 69.7 Å². The summed E-state index contributed by atoms with van der Waals surface area (Å²) in [6.07, 6.45) is 1.96. The number of hydrogen-bond donors (Lipinski definition) is 1. The molecule has 1 unspecified atom stereocenters. The highest BCUT2D eigenvalue weighted by molar-refractivity contribution is 6.29. The van der Waals surface area contributed by atoms with Crippen LogP contribution < -0.4 is 10.7 Å². The first kappa shape index (κ1) is 22.2. The molecular weight excluding hydrogens is 448 g/mol. The van der Waals surface area contributed by atoms with Crippen molar-refractivity contribution in [2.24, 2.45) is 7.05 Å². The molecule has 6 nitrogen and oxygen atoms in total. The summed E-state index contributed by atoms with van der Waals surface area (Å²) in [5.41, 5.74) is 6.08. The predicted molar refractivity (Wildman–Crippen MR) is 138 cm³/mol. The SMILES string of the molecule is Cc1cc(C(C)Nc2ccc(Cl)nc2C)c2oc(-c3ccc4ccn(C)c4n3)c(C)c(=O)c2c1. The fraction of sp³-hybridized carbons (Fsp3) is 0.222. The standard InChI is InChI=1S/C27H25ClN4O2/c1-14-12-19(16(3)29-21-8-9-23(28)30-17(21)4)26-20(13-14)24(33)15(2)25(34-26)22-7-6-18-10-11-32(5)27(18)31-22/h6-13,16,29H,1-5H3. The first-order valence-electron chi connectivity index (χ1n) is 11.1. The number of pyridine rings is 2. The lowest BCUT2D eigenvalue weighted by atomic mass is 9.99. The Morgan fingerprint density at radius 2 is 1.85 bits per heavy atom. The number of anilines is 1. The highest BCUT2D eigenvalue weighted by atomic mass is 35.5. The lowest BCUT2D eigenvalue weighted by Crippen LogP contribution is -2.13. The first-order chi connectivity index (χ1) is 16.2. The predicted octanol–water partition coefficient (Wildman–Crippen LogP) is 6.49. The van der Waals surface area contributed by atoms with Crippen molar-refractivity contribution in [2.45, 2.75) is 33.7 Å². The summed E-state index contributed by atoms with van der Waals surface area (Å²) < 4.78 is 8.43. The molecule has 4 aromatic heterocycles. The first-order valence-corrected chi connectivity index (χ1v) is 11.5. The Morgan fingerprint density at radius 1 is 1.06 bits per heavy atom. The van der Waals surface area contributed by atoms with Gasteiger partial charge in [0.05, 0.1) is 22.8 Å². The maximum atomic E-state index is 13.4. The quantitative estimate of drug-likeness (QED) is 0.302. The van der Waals surface area contributed by atoms with Gasteiger partial charge in [0.1, 0.15) is 22.1 Å². The summed E-state index contributed by atoms with van der Waals surface area (Å²) in [5.74, 6) is 0.488. The van der Waals surface area contributed by atoms with Crippen molar-refractivity contribution in [3.05, 3.63) is 86.4 Å². The number of fused-ring (bicyclic) bond motifs is 2. The number of halogens is 1. The number of rotatable bonds is 4. The van der Waals surface area contributed by atoms with Gasteiger partial charge in [0.25, 0.3) is 0 Å². The molecule has 5 aromatic rings. The minimum atomic E-state index is -0.147. The highest BCUT2D eigenvalue weighted by Gasteiger charge is 2.20. The van der Waals surface area contributed by atoms with E-state index in [1.54, 1.807) is 13.0 Å². The van der Waals surface area contributed by atoms with Gasteiger partial charge in [0, 0.05) is 29.8 Å². The van der Waals surface area contributed by atoms with Crippen LogP contribution >= 0.6 is 11.6 Å². The van der Waals surface area contributed by atoms with Crippen molar-refractivity contribution < 1.29 is 4.42 Å². The normalized spacial score (nSPS) is 12.4. The van der Waals surface area contributed by atoms with Crippen LogP contribution in [-0.2, 0) is 7.05 Å². The van der Waals surface area contributed by atoms with E-state index in [0.717, 1.165) is 33.5 Å². The van der Waals surface area contributed by atoms with Gasteiger partial charge in [-0.2, -0.15) is 0 Å². The molecule has 0 saturated carbocycles. The second kappa shape index (κ2) is 8.29. The van der Waals surface area contributed by atoms with Crippen LogP contribution in [0.25, 0.3) is 33.5 Å². The molecule has 0 aliphatic rings. The molecule has 0 radical (unpaired) electrons. The average molecular weight is 473 g/mol. The highest BCUT2D eigenvalue weighted by Crippen LogP contribution is 2.32. The maximum Gasteiger partial charge on any atom is 0.196 e. The van der Waals surface area contributed by atoms with Crippen LogP contribution in [0.1, 0.15) is 35.3 Å². The van der Waals surface area contributed by atoms with Crippen LogP contribution in [0.5, 0.6) is 0 Å². The minimum absolute atomic E-state index is 0.0495. The van der Waals surface area contributed by atoms with E-state index in [1.165, 1.54) is 0 Å². The Hall–Kier alpha value is -3.64. The zero-order valence-corrected chi connectivity index (χ0v) is 20.5. The minimum Gasteiger partial charge on any atom is -0.454 e. The molecule has 0 spiro atoms. The number of nitrogens with one attached hydrogen (secondary N) is 1. The van der Waals surface area contributed by atoms with Gasteiger partial charge in [-0.1, -0.05) is 17.7 Å². The lowest BCUT2D eigenvalue weighted by molar-refractivity contribution is 0.603. The Kier molecular flexibility index (Phi) is 5.41. The average Bonchev–Trinajstić information content (AvgIpc) is 3.18. The number of hydrogen-bond acceptors (Lipinski definition) is 5. The van der Waals surface area contributed by atoms with Crippen molar-refractivity contribution in [1.29, 1.82) is 0 Å². The van der Waals surface area contributed by atoms with Crippen molar-refractivity contribution in [1.82, 2.24) is 14.5 Å². The van der Waals surface area contributed by atoms with E-state index in [1.807, 2.05) is 68.9 Å². The third-order valence-corrected chi connectivity index (χ3v) is 6.44. The molecule has 1 atom stereocenters. The van der Waals surface area contributed by atoms with E-state index < -0.39 is 0 Å². The third kappa shape index (κ3) is 3.74. The molecule has 0 fully saturated rings. The molecule has 5 rings (SSSR count). The van der Waals surface area contributed by atoms with Gasteiger partial charge in [0.15, 0.2) is 11.2 Å². The molecule has 0 aliphatic carbocycles. The van der Waals surface area contributed by atoms with Crippen LogP contribution in [-0.4, -0.2) is 14.5 Å². The van der Waals surface area contributed by atoms with E-state index in [4.69, 9.17) is 21.0 Å². The second-order valence-corrected chi connectivity index (χ2v) is 9.17. The summed E-state index contributed by atoms with van der Waals surface area (Å²) in [5, 5.41) is 5.54. The van der Waals surface area contributed by atoms with Crippen LogP contribution in [0.2, 0.25) is 5.15 Å². The summed E-state index contributed by atoms with van der Waals surface area (Å²) in [6, 6.07) is 13.4. The van der Waals surface area contributed by atoms with Gasteiger partial charge in [-0.15, -0.1) is 0 Å². The number of aryl methyl sites for hydroxylation is 3. The molecule has 0 aliphatic heterocycles. The van der Waals surface area contributed by atoms with Crippen LogP contribution in [0.15, 0.2) is 57.9 Å². The zero-order valence-electron chi connectivity index (χ0n) is 19.7. The van der Waals surface area contributed by atoms with Gasteiger partial charge >= 0.3 is 0 Å². The molecule has 4 heterocycles. The summed E-state index contributed by atoms with van der Waals surface area (Å²) in [7, 11) is 1.95. The van der Waals surface area contributed by atoms with Crippen molar-refractivity contribution in [2.75, 3.05) is 5.32 Å². The van der Waals surface area contributed by atoms with Crippen molar-refractivity contribution in [3.63, 3.8) is 0 Å². The van der Waals surface area contributed by atoms with Crippen LogP contribution in [0.4, 0.5) is 5.69 Å². The number of aromatic nitrogens is 3. The number of nitrogens with zero attached hydrogens (tertiary/aromatic N) is 3. The van der Waals surface area contributed by atoms with Gasteiger partial charge in [-0.3, -0.25) is 4.79 Å². The third-order valence-electron chi connectivity index (χ3n) is 6.23. The molecule has 0 saturated heterocycles. The van der Waals surface area contributed by atoms with Crippen molar-refractivity contribution in [3.8, 4) is 11.5 Å². The zero-order chi connectivity index (χ0) is 24.1. The van der Waals surface area contributed by atoms with Gasteiger partial charge < -0.3 is 14.3 Å². The smallest absolute Gasteiger partial charge is 0.196 e. The molecule has 0 amide bonds. The van der Waals surface area contributed by atoms with Gasteiger partial charge in [-0.25, -0.2) is 9.97 Å². The summed E-state index contributed by atoms with van der Waals surface area (Å²) >= 11 is 6.02. The molecule has 7 heteroatoms. The molecule has 1 N–H and O–H groups in total. The Bertz CT molecular complexity index is 1630. The summed E-state index contributed by atoms with van der Waals surface area (Å²) in [6.45, 7) is 7.72. The molecule has 1 aromatic carbocycles.